The summed E-state index contributed by atoms with van der Waals surface area (Å²) in [5, 5.41) is 12.7. The molecular weight excluding hydrogens is 572 g/mol. The summed E-state index contributed by atoms with van der Waals surface area (Å²) in [5.41, 5.74) is 2.89. The van der Waals surface area contributed by atoms with Crippen LogP contribution < -0.4 is 10.4 Å². The van der Waals surface area contributed by atoms with E-state index in [2.05, 4.69) is 0 Å². The van der Waals surface area contributed by atoms with Crippen molar-refractivity contribution in [3.8, 4) is 37.8 Å². The second-order valence-electron chi connectivity index (χ2n) is 10.7. The topological polar surface area (TPSA) is 75.0 Å². The molecule has 2 aliphatic heterocycles. The molecule has 0 spiro atoms. The number of carbonyl (C=O) groups excluding carboxylic acids is 1. The first-order chi connectivity index (χ1) is 20.9. The average molecular weight is 596 g/mol. The molecule has 7 nitrogen and oxygen atoms in total. The van der Waals surface area contributed by atoms with Gasteiger partial charge in [-0.2, -0.15) is 0 Å². The summed E-state index contributed by atoms with van der Waals surface area (Å²) in [6.07, 6.45) is 0.781. The first-order valence-electron chi connectivity index (χ1n) is 13.8. The Morgan fingerprint density at radius 2 is 1.70 bits per heavy atom. The smallest absolute Gasteiger partial charge is 0.278 e. The van der Waals surface area contributed by atoms with Gasteiger partial charge in [0.05, 0.1) is 19.3 Å². The van der Waals surface area contributed by atoms with Crippen molar-refractivity contribution >= 4 is 17.2 Å². The number of morpholine rings is 1. The molecule has 0 radical (unpaired) electrons. The van der Waals surface area contributed by atoms with Gasteiger partial charge in [0.25, 0.3) is 5.91 Å². The van der Waals surface area contributed by atoms with Crippen LogP contribution in [0.3, 0.4) is 0 Å². The molecule has 1 saturated heterocycles. The van der Waals surface area contributed by atoms with Crippen molar-refractivity contribution in [3.63, 3.8) is 0 Å². The molecule has 43 heavy (non-hydrogen) atoms. The molecule has 4 heterocycles. The van der Waals surface area contributed by atoms with Gasteiger partial charge in [0.1, 0.15) is 6.17 Å². The summed E-state index contributed by atoms with van der Waals surface area (Å²) in [6.45, 7) is 0.649. The fraction of sp³-hybridized carbons (Fsp3) is 0.152. The summed E-state index contributed by atoms with van der Waals surface area (Å²) < 4.78 is 38.5. The number of thiophene rings is 1. The van der Waals surface area contributed by atoms with Crippen LogP contribution in [0.25, 0.3) is 32.0 Å². The molecule has 2 atom stereocenters. The maximum atomic E-state index is 16.2. The van der Waals surface area contributed by atoms with Gasteiger partial charge < -0.3 is 14.7 Å². The summed E-state index contributed by atoms with van der Waals surface area (Å²) >= 11 is 1.50. The second-order valence-corrected chi connectivity index (χ2v) is 11.7. The molecule has 1 fully saturated rings. The molecule has 1 N–H and O–H groups in total. The lowest BCUT2D eigenvalue weighted by Crippen LogP contribution is -2.66. The Balaban J connectivity index is 1.45. The van der Waals surface area contributed by atoms with Crippen molar-refractivity contribution in [2.24, 2.45) is 0 Å². The van der Waals surface area contributed by atoms with Gasteiger partial charge in [-0.1, -0.05) is 60.7 Å². The Labute approximate surface area is 248 Å². The summed E-state index contributed by atoms with van der Waals surface area (Å²) in [7, 11) is 0. The average Bonchev–Trinajstić information content (AvgIpc) is 3.43. The van der Waals surface area contributed by atoms with E-state index >= 15 is 8.78 Å². The highest BCUT2D eigenvalue weighted by atomic mass is 32.1. The number of aromatic nitrogens is 1. The van der Waals surface area contributed by atoms with Crippen molar-refractivity contribution in [1.29, 1.82) is 0 Å². The molecule has 214 valence electrons. The number of pyridine rings is 1. The number of hydrogen-bond donors (Lipinski definition) is 1. The molecule has 8 rings (SSSR count). The molecule has 0 saturated carbocycles. The number of rotatable bonds is 2. The lowest BCUT2D eigenvalue weighted by atomic mass is 9.91. The molecule has 2 aromatic heterocycles. The molecule has 5 aromatic rings. The number of carbonyl (C=O) groups is 1. The van der Waals surface area contributed by atoms with E-state index in [0.29, 0.717) is 11.1 Å². The number of benzene rings is 3. The lowest BCUT2D eigenvalue weighted by Gasteiger charge is -2.51. The van der Waals surface area contributed by atoms with Crippen molar-refractivity contribution < 1.29 is 23.4 Å². The van der Waals surface area contributed by atoms with Crippen LogP contribution in [0, 0.1) is 11.6 Å². The van der Waals surface area contributed by atoms with Gasteiger partial charge in [0, 0.05) is 39.7 Å². The van der Waals surface area contributed by atoms with Crippen LogP contribution in [0.15, 0.2) is 89.9 Å². The maximum Gasteiger partial charge on any atom is 0.278 e. The van der Waals surface area contributed by atoms with E-state index in [-0.39, 0.29) is 31.0 Å². The minimum absolute atomic E-state index is 0.127. The molecule has 3 aliphatic rings. The fourth-order valence-electron chi connectivity index (χ4n) is 6.51. The van der Waals surface area contributed by atoms with Crippen LogP contribution >= 0.6 is 11.3 Å². The zero-order valence-corrected chi connectivity index (χ0v) is 23.4. The number of hydrogen-bond acceptors (Lipinski definition) is 6. The van der Waals surface area contributed by atoms with E-state index in [1.165, 1.54) is 28.3 Å². The van der Waals surface area contributed by atoms with Crippen LogP contribution in [-0.4, -0.2) is 46.5 Å². The monoisotopic (exact) mass is 595 g/mol. The SMILES string of the molecule is O=C1c2c(O)c(=O)ccn2N([C@@H]2c3ccccc3-c3sc(-c4ccccc4)cc3-c3c2ccc(F)c3F)[C@H]2COCCN12. The van der Waals surface area contributed by atoms with E-state index in [9.17, 15) is 14.7 Å². The molecule has 0 unspecified atom stereocenters. The molecule has 0 bridgehead atoms. The van der Waals surface area contributed by atoms with Gasteiger partial charge >= 0.3 is 0 Å². The first-order valence-corrected chi connectivity index (χ1v) is 14.6. The van der Waals surface area contributed by atoms with Gasteiger partial charge in [-0.15, -0.1) is 11.3 Å². The van der Waals surface area contributed by atoms with Gasteiger partial charge in [-0.25, -0.2) is 8.78 Å². The number of aromatic hydroxyl groups is 1. The number of ether oxygens (including phenoxy) is 1. The maximum absolute atomic E-state index is 16.2. The third-order valence-electron chi connectivity index (χ3n) is 8.42. The predicted octanol–water partition coefficient (Wildman–Crippen LogP) is 5.75. The van der Waals surface area contributed by atoms with E-state index in [1.54, 1.807) is 11.0 Å². The van der Waals surface area contributed by atoms with E-state index in [4.69, 9.17) is 4.74 Å². The predicted molar refractivity (Wildman–Crippen MR) is 159 cm³/mol. The standard InChI is InChI=1S/C33H23F2N3O4S/c34-23-11-10-21-27(28(23)35)22-16-25(18-6-2-1-3-7-18)43-32(22)20-9-5-4-8-19(20)29(21)38-26-17-42-15-14-36(26)33(41)30-31(40)24(39)12-13-37(30)38/h1-13,16,26,29,40H,14-15,17H2/t26-,29+/m0/s1. The van der Waals surface area contributed by atoms with Crippen LogP contribution in [-0.2, 0) is 4.74 Å². The Morgan fingerprint density at radius 1 is 0.907 bits per heavy atom. The van der Waals surface area contributed by atoms with Crippen LogP contribution in [0.1, 0.15) is 27.7 Å². The van der Waals surface area contributed by atoms with Crippen LogP contribution in [0.5, 0.6) is 5.75 Å². The van der Waals surface area contributed by atoms with Gasteiger partial charge in [-0.3, -0.25) is 19.3 Å². The fourth-order valence-corrected chi connectivity index (χ4v) is 7.73. The van der Waals surface area contributed by atoms with Crippen LogP contribution in [0.4, 0.5) is 8.78 Å². The van der Waals surface area contributed by atoms with E-state index < -0.39 is 40.9 Å². The third kappa shape index (κ3) is 3.73. The van der Waals surface area contributed by atoms with Crippen molar-refractivity contribution in [1.82, 2.24) is 9.58 Å². The number of nitrogens with zero attached hydrogens (tertiary/aromatic N) is 3. The highest BCUT2D eigenvalue weighted by Gasteiger charge is 2.46. The third-order valence-corrected chi connectivity index (χ3v) is 9.64. The number of fused-ring (bicyclic) bond motifs is 7. The van der Waals surface area contributed by atoms with E-state index in [0.717, 1.165) is 32.5 Å². The number of halogens is 2. The zero-order chi connectivity index (χ0) is 29.4. The van der Waals surface area contributed by atoms with E-state index in [1.807, 2.05) is 65.7 Å². The minimum Gasteiger partial charge on any atom is -0.502 e. The number of amides is 1. The summed E-state index contributed by atoms with van der Waals surface area (Å²) in [5.74, 6) is -3.11. The Kier molecular flexibility index (Phi) is 5.79. The lowest BCUT2D eigenvalue weighted by molar-refractivity contribution is -0.0196. The van der Waals surface area contributed by atoms with Crippen molar-refractivity contribution in [3.05, 3.63) is 124 Å². The minimum atomic E-state index is -0.972. The van der Waals surface area contributed by atoms with Crippen molar-refractivity contribution in [2.45, 2.75) is 12.2 Å². The second kappa shape index (κ2) is 9.62. The Bertz CT molecular complexity index is 2010. The Hall–Kier alpha value is -4.80. The molecule has 1 aliphatic carbocycles. The Morgan fingerprint density at radius 3 is 2.53 bits per heavy atom. The zero-order valence-electron chi connectivity index (χ0n) is 22.5. The quantitative estimate of drug-likeness (QED) is 0.282. The molecule has 3 aromatic carbocycles. The highest BCUT2D eigenvalue weighted by Crippen LogP contribution is 2.53. The highest BCUT2D eigenvalue weighted by molar-refractivity contribution is 7.19. The van der Waals surface area contributed by atoms with Gasteiger partial charge in [0.15, 0.2) is 23.1 Å². The van der Waals surface area contributed by atoms with Crippen LogP contribution in [0.2, 0.25) is 0 Å². The first kappa shape index (κ1) is 25.9. The normalized spacial score (nSPS) is 18.7. The summed E-state index contributed by atoms with van der Waals surface area (Å²) in [4.78, 5) is 29.4. The molecule has 1 amide bonds. The molecular formula is C33H23F2N3O4S. The van der Waals surface area contributed by atoms with Crippen molar-refractivity contribution in [2.75, 3.05) is 24.8 Å². The summed E-state index contributed by atoms with van der Waals surface area (Å²) in [6, 6.07) is 22.5. The van der Waals surface area contributed by atoms with Gasteiger partial charge in [-0.05, 0) is 34.4 Å². The van der Waals surface area contributed by atoms with Gasteiger partial charge in [0.2, 0.25) is 5.43 Å². The largest absolute Gasteiger partial charge is 0.502 e. The molecule has 10 heteroatoms.